The van der Waals surface area contributed by atoms with Crippen molar-refractivity contribution in [1.29, 1.82) is 0 Å². The van der Waals surface area contributed by atoms with E-state index in [1.54, 1.807) is 11.9 Å². The van der Waals surface area contributed by atoms with E-state index in [-0.39, 0.29) is 30.2 Å². The fourth-order valence-electron chi connectivity index (χ4n) is 6.75. The molecule has 3 heterocycles. The number of nitrogens with one attached hydrogen (secondary N) is 2. The smallest absolute Gasteiger partial charge is 0.245 e. The molecule has 3 aliphatic rings. The van der Waals surface area contributed by atoms with E-state index in [0.29, 0.717) is 19.4 Å². The lowest BCUT2D eigenvalue weighted by molar-refractivity contribution is -0.150. The molecule has 35 heavy (non-hydrogen) atoms. The molecular weight excluding hydrogens is 446 g/mol. The van der Waals surface area contributed by atoms with Gasteiger partial charge < -0.3 is 25.4 Å². The number of hydrogen-bond acceptors (Lipinski definition) is 5. The van der Waals surface area contributed by atoms with Crippen molar-refractivity contribution in [2.75, 3.05) is 20.2 Å². The number of benzene rings is 1. The van der Waals surface area contributed by atoms with E-state index in [1.807, 2.05) is 44.2 Å². The minimum Gasteiger partial charge on any atom is -0.394 e. The van der Waals surface area contributed by atoms with Crippen molar-refractivity contribution in [2.45, 2.75) is 76.2 Å². The van der Waals surface area contributed by atoms with Gasteiger partial charge in [-0.05, 0) is 37.7 Å². The summed E-state index contributed by atoms with van der Waals surface area (Å²) in [7, 11) is 1.57. The number of unbranched alkanes of at least 4 members (excludes halogenated alkanes) is 2. The summed E-state index contributed by atoms with van der Waals surface area (Å²) in [6, 6.07) is 8.12. The molecule has 1 aromatic carbocycles. The molecule has 0 aromatic heterocycles. The van der Waals surface area contributed by atoms with Crippen LogP contribution in [0.2, 0.25) is 0 Å². The van der Waals surface area contributed by atoms with Gasteiger partial charge in [0.25, 0.3) is 0 Å². The number of nitrogens with zero attached hydrogens (tertiary/aromatic N) is 1. The molecule has 192 valence electrons. The molecule has 3 saturated heterocycles. The highest BCUT2D eigenvalue weighted by Crippen LogP contribution is 2.65. The molecule has 3 unspecified atom stereocenters. The highest BCUT2D eigenvalue weighted by atomic mass is 16.5. The van der Waals surface area contributed by atoms with Crippen molar-refractivity contribution in [2.24, 2.45) is 17.8 Å². The van der Waals surface area contributed by atoms with Gasteiger partial charge in [-0.15, -0.1) is 0 Å². The van der Waals surface area contributed by atoms with Crippen LogP contribution in [-0.4, -0.2) is 71.2 Å². The Morgan fingerprint density at radius 3 is 2.57 bits per heavy atom. The van der Waals surface area contributed by atoms with Crippen LogP contribution in [0.25, 0.3) is 0 Å². The van der Waals surface area contributed by atoms with Crippen molar-refractivity contribution in [3.8, 4) is 0 Å². The van der Waals surface area contributed by atoms with Crippen molar-refractivity contribution < 1.29 is 24.2 Å². The van der Waals surface area contributed by atoms with E-state index >= 15 is 0 Å². The van der Waals surface area contributed by atoms with Gasteiger partial charge in [-0.1, -0.05) is 57.0 Å². The predicted molar refractivity (Wildman–Crippen MR) is 131 cm³/mol. The molecule has 3 aliphatic heterocycles. The first kappa shape index (κ1) is 25.6. The van der Waals surface area contributed by atoms with Gasteiger partial charge in [0.2, 0.25) is 17.7 Å². The van der Waals surface area contributed by atoms with Crippen LogP contribution >= 0.6 is 0 Å². The summed E-state index contributed by atoms with van der Waals surface area (Å²) in [4.78, 5) is 42.5. The van der Waals surface area contributed by atoms with E-state index in [4.69, 9.17) is 4.74 Å². The van der Waals surface area contributed by atoms with Gasteiger partial charge >= 0.3 is 0 Å². The zero-order chi connectivity index (χ0) is 25.4. The second kappa shape index (κ2) is 9.90. The number of amides is 3. The summed E-state index contributed by atoms with van der Waals surface area (Å²) in [5.41, 5.74) is -0.965. The summed E-state index contributed by atoms with van der Waals surface area (Å²) in [5, 5.41) is 16.2. The predicted octanol–water partition coefficient (Wildman–Crippen LogP) is 1.65. The third kappa shape index (κ3) is 4.04. The van der Waals surface area contributed by atoms with Crippen molar-refractivity contribution in [1.82, 2.24) is 15.5 Å². The van der Waals surface area contributed by atoms with Crippen LogP contribution in [0.3, 0.4) is 0 Å². The zero-order valence-corrected chi connectivity index (χ0v) is 21.3. The maximum absolute atomic E-state index is 14.1. The van der Waals surface area contributed by atoms with Crippen LogP contribution in [-0.2, 0) is 25.5 Å². The Hall–Kier alpha value is -2.45. The number of carbonyl (C=O) groups is 3. The van der Waals surface area contributed by atoms with Gasteiger partial charge in [0, 0.05) is 13.6 Å². The molecule has 8 nitrogen and oxygen atoms in total. The molecule has 8 heteroatoms. The highest BCUT2D eigenvalue weighted by Gasteiger charge is 2.80. The second-order valence-electron chi connectivity index (χ2n) is 10.6. The van der Waals surface area contributed by atoms with Gasteiger partial charge in [0.15, 0.2) is 0 Å². The van der Waals surface area contributed by atoms with E-state index < -0.39 is 35.1 Å². The number of fused-ring (bicyclic) bond motifs is 1. The molecule has 0 radical (unpaired) electrons. The average Bonchev–Trinajstić information content (AvgIpc) is 3.37. The topological polar surface area (TPSA) is 108 Å². The van der Waals surface area contributed by atoms with Gasteiger partial charge in [-0.3, -0.25) is 14.4 Å². The fourth-order valence-corrected chi connectivity index (χ4v) is 6.75. The van der Waals surface area contributed by atoms with Crippen LogP contribution in [0.1, 0.15) is 52.0 Å². The molecule has 4 rings (SSSR count). The second-order valence-corrected chi connectivity index (χ2v) is 10.6. The third-order valence-corrected chi connectivity index (χ3v) is 8.53. The van der Waals surface area contributed by atoms with E-state index in [2.05, 4.69) is 17.6 Å². The molecule has 2 bridgehead atoms. The van der Waals surface area contributed by atoms with E-state index in [9.17, 15) is 19.5 Å². The van der Waals surface area contributed by atoms with Crippen molar-refractivity contribution >= 4 is 17.7 Å². The molecule has 3 N–H and O–H groups in total. The van der Waals surface area contributed by atoms with Crippen molar-refractivity contribution in [3.63, 3.8) is 0 Å². The minimum atomic E-state index is -1.10. The lowest BCUT2D eigenvalue weighted by Gasteiger charge is -2.37. The van der Waals surface area contributed by atoms with Crippen LogP contribution in [0.15, 0.2) is 30.3 Å². The molecule has 1 aromatic rings. The summed E-state index contributed by atoms with van der Waals surface area (Å²) in [5.74, 6) is -2.26. The molecule has 3 amide bonds. The summed E-state index contributed by atoms with van der Waals surface area (Å²) < 4.78 is 6.66. The zero-order valence-electron chi connectivity index (χ0n) is 21.3. The number of aliphatic hydroxyl groups excluding tert-OH is 1. The number of rotatable bonds is 10. The third-order valence-electron chi connectivity index (χ3n) is 8.53. The fraction of sp³-hybridized carbons (Fsp3) is 0.667. The van der Waals surface area contributed by atoms with E-state index in [1.165, 1.54) is 0 Å². The van der Waals surface area contributed by atoms with E-state index in [0.717, 1.165) is 24.8 Å². The quantitative estimate of drug-likeness (QED) is 0.437. The SMILES string of the molecule is CCCCCNC(=O)C1N([C@@H](CO)Cc2ccccc2)C(=O)[C@@H]2[C@H](C(=O)NC)[C@@]3(C)OC12CC3C. The first-order valence-electron chi connectivity index (χ1n) is 12.9. The van der Waals surface area contributed by atoms with Crippen LogP contribution in [0, 0.1) is 17.8 Å². The number of hydrogen-bond donors (Lipinski definition) is 3. The largest absolute Gasteiger partial charge is 0.394 e. The van der Waals surface area contributed by atoms with Gasteiger partial charge in [0.05, 0.1) is 30.1 Å². The lowest BCUT2D eigenvalue weighted by atomic mass is 9.62. The maximum Gasteiger partial charge on any atom is 0.245 e. The molecule has 3 fully saturated rings. The summed E-state index contributed by atoms with van der Waals surface area (Å²) >= 11 is 0. The van der Waals surface area contributed by atoms with Gasteiger partial charge in [-0.2, -0.15) is 0 Å². The van der Waals surface area contributed by atoms with Crippen LogP contribution < -0.4 is 10.6 Å². The summed E-state index contributed by atoms with van der Waals surface area (Å²) in [6.45, 7) is 6.24. The Bertz CT molecular complexity index is 955. The first-order chi connectivity index (χ1) is 16.7. The Kier molecular flexibility index (Phi) is 7.25. The number of aliphatic hydroxyl groups is 1. The number of carbonyl (C=O) groups excluding carboxylic acids is 3. The molecule has 0 saturated carbocycles. The van der Waals surface area contributed by atoms with Gasteiger partial charge in [-0.25, -0.2) is 0 Å². The average molecular weight is 486 g/mol. The Labute approximate surface area is 207 Å². The van der Waals surface area contributed by atoms with Crippen molar-refractivity contribution in [3.05, 3.63) is 35.9 Å². The minimum absolute atomic E-state index is 0.00843. The Balaban J connectivity index is 1.74. The lowest BCUT2D eigenvalue weighted by Crippen LogP contribution is -2.58. The Morgan fingerprint density at radius 2 is 1.94 bits per heavy atom. The summed E-state index contributed by atoms with van der Waals surface area (Å²) in [6.07, 6.45) is 3.80. The molecule has 1 spiro atoms. The molecule has 0 aliphatic carbocycles. The van der Waals surface area contributed by atoms with Gasteiger partial charge in [0.1, 0.15) is 11.6 Å². The van der Waals surface area contributed by atoms with Crippen LogP contribution in [0.5, 0.6) is 0 Å². The standard InChI is InChI=1S/C27H39N3O5/c1-5-6-10-13-29-24(33)22-27-15-17(2)26(3,35-27)20(23(32)28-4)21(27)25(34)30(22)19(16-31)14-18-11-8-7-9-12-18/h7-9,11-12,17,19-22,31H,5-6,10,13-16H2,1-4H3,(H,28,32)(H,29,33)/t17?,19-,20-,21+,22?,26+,27?/m1/s1. The van der Waals surface area contributed by atoms with Crippen LogP contribution in [0.4, 0.5) is 0 Å². The molecular formula is C27H39N3O5. The first-order valence-corrected chi connectivity index (χ1v) is 12.9. The monoisotopic (exact) mass is 485 g/mol. The normalized spacial score (nSPS) is 34.1. The highest BCUT2D eigenvalue weighted by molar-refractivity contribution is 5.99. The molecule has 7 atom stereocenters. The Morgan fingerprint density at radius 1 is 1.23 bits per heavy atom. The maximum atomic E-state index is 14.1. The number of likely N-dealkylation sites (tertiary alicyclic amines) is 1. The number of ether oxygens (including phenoxy) is 1.